The number of rotatable bonds is 4. The minimum atomic E-state index is -0.992. The number of hydrogen-bond acceptors (Lipinski definition) is 7. The van der Waals surface area contributed by atoms with Crippen molar-refractivity contribution in [2.24, 2.45) is 0 Å². The highest BCUT2D eigenvalue weighted by molar-refractivity contribution is 5.59. The highest BCUT2D eigenvalue weighted by Crippen LogP contribution is 2.49. The maximum Gasteiger partial charge on any atom is 0.200 e. The largest absolute Gasteiger partial charge is 0.504 e. The van der Waals surface area contributed by atoms with Crippen molar-refractivity contribution < 1.29 is 29.9 Å². The summed E-state index contributed by atoms with van der Waals surface area (Å²) in [5, 5.41) is 41.1. The van der Waals surface area contributed by atoms with Crippen LogP contribution in [0.25, 0.3) is 0 Å². The number of ether oxygens (including phenoxy) is 2. The van der Waals surface area contributed by atoms with Crippen molar-refractivity contribution in [3.05, 3.63) is 41.0 Å². The van der Waals surface area contributed by atoms with Gasteiger partial charge in [-0.2, -0.15) is 0 Å². The minimum Gasteiger partial charge on any atom is -0.504 e. The van der Waals surface area contributed by atoms with E-state index in [0.717, 1.165) is 0 Å². The predicted octanol–water partition coefficient (Wildman–Crippen LogP) is 2.08. The van der Waals surface area contributed by atoms with Gasteiger partial charge in [-0.1, -0.05) is 6.07 Å². The molecular formula is C19H23NO6. The summed E-state index contributed by atoms with van der Waals surface area (Å²) in [4.78, 5) is 1.90. The van der Waals surface area contributed by atoms with Gasteiger partial charge in [-0.3, -0.25) is 4.90 Å². The fraction of sp³-hybridized carbons (Fsp3) is 0.368. The topological polar surface area (TPSA) is 103 Å². The van der Waals surface area contributed by atoms with Crippen molar-refractivity contribution in [2.45, 2.75) is 18.6 Å². The molecular weight excluding hydrogens is 338 g/mol. The molecule has 3 rings (SSSR count). The first-order valence-corrected chi connectivity index (χ1v) is 8.26. The number of phenols is 3. The Labute approximate surface area is 151 Å². The number of hydrogen-bond donors (Lipinski definition) is 4. The normalized spacial score (nSPS) is 18.2. The Kier molecular flexibility index (Phi) is 4.84. The van der Waals surface area contributed by atoms with E-state index < -0.39 is 23.6 Å². The molecule has 1 aliphatic rings. The summed E-state index contributed by atoms with van der Waals surface area (Å²) < 4.78 is 10.5. The molecule has 2 unspecified atom stereocenters. The van der Waals surface area contributed by atoms with Crippen LogP contribution in [0.2, 0.25) is 0 Å². The maximum absolute atomic E-state index is 11.0. The second kappa shape index (κ2) is 6.93. The van der Waals surface area contributed by atoms with Crippen LogP contribution in [-0.4, -0.2) is 53.1 Å². The van der Waals surface area contributed by atoms with Gasteiger partial charge in [0.1, 0.15) is 0 Å². The molecule has 0 radical (unpaired) electrons. The molecule has 0 saturated carbocycles. The average Bonchev–Trinajstić information content (AvgIpc) is 2.65. The van der Waals surface area contributed by atoms with Gasteiger partial charge in [0.05, 0.1) is 26.4 Å². The van der Waals surface area contributed by atoms with Gasteiger partial charge in [-0.05, 0) is 42.8 Å². The lowest BCUT2D eigenvalue weighted by molar-refractivity contribution is 0.0539. The fourth-order valence-electron chi connectivity index (χ4n) is 3.52. The SMILES string of the molecule is COc1ccc(C(O)C2c3c(cc(O)c(O)c3O)CCN2C)cc1OC. The van der Waals surface area contributed by atoms with E-state index in [2.05, 4.69) is 0 Å². The van der Waals surface area contributed by atoms with Gasteiger partial charge in [0, 0.05) is 12.1 Å². The number of benzene rings is 2. The van der Waals surface area contributed by atoms with Crippen LogP contribution in [0.4, 0.5) is 0 Å². The lowest BCUT2D eigenvalue weighted by atomic mass is 9.86. The molecule has 26 heavy (non-hydrogen) atoms. The van der Waals surface area contributed by atoms with Gasteiger partial charge in [0.2, 0.25) is 5.75 Å². The number of phenolic OH excluding ortho intramolecular Hbond substituents is 3. The Bertz CT molecular complexity index is 822. The van der Waals surface area contributed by atoms with Gasteiger partial charge in [-0.15, -0.1) is 0 Å². The summed E-state index contributed by atoms with van der Waals surface area (Å²) in [6.45, 7) is 0.631. The molecule has 1 heterocycles. The van der Waals surface area contributed by atoms with E-state index in [1.807, 2.05) is 11.9 Å². The van der Waals surface area contributed by atoms with Crippen LogP contribution in [0.15, 0.2) is 24.3 Å². The van der Waals surface area contributed by atoms with Crippen molar-refractivity contribution in [2.75, 3.05) is 27.8 Å². The standard InChI is InChI=1S/C19H23NO6/c1-20-7-6-10-8-12(21)18(23)19(24)15(10)16(20)17(22)11-4-5-13(25-2)14(9-11)26-3/h4-5,8-9,16-17,21-24H,6-7H2,1-3H3. The number of aromatic hydroxyl groups is 3. The first kappa shape index (κ1) is 18.2. The molecule has 4 N–H and O–H groups in total. The van der Waals surface area contributed by atoms with Crippen LogP contribution in [0.1, 0.15) is 28.8 Å². The first-order chi connectivity index (χ1) is 12.4. The van der Waals surface area contributed by atoms with Crippen molar-refractivity contribution in [1.82, 2.24) is 4.90 Å². The average molecular weight is 361 g/mol. The number of aliphatic hydroxyl groups is 1. The van der Waals surface area contributed by atoms with Crippen molar-refractivity contribution in [3.8, 4) is 28.7 Å². The smallest absolute Gasteiger partial charge is 0.200 e. The van der Waals surface area contributed by atoms with Crippen molar-refractivity contribution >= 4 is 0 Å². The molecule has 140 valence electrons. The molecule has 0 spiro atoms. The van der Waals surface area contributed by atoms with E-state index in [-0.39, 0.29) is 5.75 Å². The highest BCUT2D eigenvalue weighted by atomic mass is 16.5. The Balaban J connectivity index is 2.08. The zero-order valence-electron chi connectivity index (χ0n) is 14.9. The summed E-state index contributed by atoms with van der Waals surface area (Å²) in [6, 6.07) is 5.96. The molecule has 0 aliphatic carbocycles. The van der Waals surface area contributed by atoms with E-state index in [0.29, 0.717) is 41.2 Å². The monoisotopic (exact) mass is 361 g/mol. The Morgan fingerprint density at radius 1 is 1.04 bits per heavy atom. The van der Waals surface area contributed by atoms with Gasteiger partial charge >= 0.3 is 0 Å². The summed E-state index contributed by atoms with van der Waals surface area (Å²) in [5.74, 6) is -0.323. The number of fused-ring (bicyclic) bond motifs is 1. The zero-order chi connectivity index (χ0) is 19.0. The molecule has 7 heteroatoms. The molecule has 1 aliphatic heterocycles. The van der Waals surface area contributed by atoms with Gasteiger partial charge in [0.25, 0.3) is 0 Å². The molecule has 0 fully saturated rings. The molecule has 0 saturated heterocycles. The second-order valence-corrected chi connectivity index (χ2v) is 6.40. The van der Waals surface area contributed by atoms with Crippen molar-refractivity contribution in [3.63, 3.8) is 0 Å². The Morgan fingerprint density at radius 2 is 1.73 bits per heavy atom. The van der Waals surface area contributed by atoms with E-state index in [1.165, 1.54) is 20.3 Å². The molecule has 2 aromatic rings. The van der Waals surface area contributed by atoms with Crippen LogP contribution in [0, 0.1) is 0 Å². The molecule has 0 aromatic heterocycles. The number of likely N-dealkylation sites (N-methyl/N-ethyl adjacent to an activating group) is 1. The summed E-state index contributed by atoms with van der Waals surface area (Å²) in [6.07, 6.45) is -0.406. The third-order valence-corrected chi connectivity index (χ3v) is 4.93. The third-order valence-electron chi connectivity index (χ3n) is 4.93. The summed E-state index contributed by atoms with van der Waals surface area (Å²) >= 11 is 0. The van der Waals surface area contributed by atoms with Crippen molar-refractivity contribution in [1.29, 1.82) is 0 Å². The zero-order valence-corrected chi connectivity index (χ0v) is 14.9. The van der Waals surface area contributed by atoms with E-state index in [9.17, 15) is 20.4 Å². The maximum atomic E-state index is 11.0. The second-order valence-electron chi connectivity index (χ2n) is 6.40. The predicted molar refractivity (Wildman–Crippen MR) is 95.0 cm³/mol. The highest BCUT2D eigenvalue weighted by Gasteiger charge is 2.36. The van der Waals surface area contributed by atoms with Crippen LogP contribution in [0.5, 0.6) is 28.7 Å². The van der Waals surface area contributed by atoms with E-state index in [1.54, 1.807) is 18.2 Å². The summed E-state index contributed by atoms with van der Waals surface area (Å²) in [7, 11) is 4.88. The van der Waals surface area contributed by atoms with Crippen LogP contribution < -0.4 is 9.47 Å². The lowest BCUT2D eigenvalue weighted by Crippen LogP contribution is -2.36. The number of aliphatic hydroxyl groups excluding tert-OH is 1. The quantitative estimate of drug-likeness (QED) is 0.618. The van der Waals surface area contributed by atoms with Crippen LogP contribution in [-0.2, 0) is 6.42 Å². The number of methoxy groups -OCH3 is 2. The molecule has 0 amide bonds. The molecule has 2 aromatic carbocycles. The van der Waals surface area contributed by atoms with Gasteiger partial charge in [0.15, 0.2) is 23.0 Å². The van der Waals surface area contributed by atoms with Crippen LogP contribution >= 0.6 is 0 Å². The van der Waals surface area contributed by atoms with E-state index >= 15 is 0 Å². The van der Waals surface area contributed by atoms with E-state index in [4.69, 9.17) is 9.47 Å². The Morgan fingerprint density at radius 3 is 2.38 bits per heavy atom. The number of nitrogens with zero attached hydrogens (tertiary/aromatic N) is 1. The minimum absolute atomic E-state index is 0.370. The third kappa shape index (κ3) is 2.89. The molecule has 7 nitrogen and oxygen atoms in total. The first-order valence-electron chi connectivity index (χ1n) is 8.26. The molecule has 2 atom stereocenters. The molecule has 0 bridgehead atoms. The van der Waals surface area contributed by atoms with Gasteiger partial charge < -0.3 is 29.9 Å². The lowest BCUT2D eigenvalue weighted by Gasteiger charge is -2.38. The van der Waals surface area contributed by atoms with Gasteiger partial charge in [-0.25, -0.2) is 0 Å². The Hall–Kier alpha value is -2.64. The summed E-state index contributed by atoms with van der Waals surface area (Å²) in [5.41, 5.74) is 1.69. The fourth-order valence-corrected chi connectivity index (χ4v) is 3.52. The van der Waals surface area contributed by atoms with Crippen LogP contribution in [0.3, 0.4) is 0 Å².